The summed E-state index contributed by atoms with van der Waals surface area (Å²) in [7, 11) is 0. The van der Waals surface area contributed by atoms with Crippen molar-refractivity contribution in [2.24, 2.45) is 11.7 Å². The number of nitrogens with one attached hydrogen (secondary N) is 1. The Balaban J connectivity index is 2.84. The predicted molar refractivity (Wildman–Crippen MR) is 73.9 cm³/mol. The highest BCUT2D eigenvalue weighted by atomic mass is 16.6. The second-order valence-electron chi connectivity index (χ2n) is 4.94. The summed E-state index contributed by atoms with van der Waals surface area (Å²) in [6.07, 6.45) is 0.142. The minimum atomic E-state index is -0.516. The Kier molecular flexibility index (Phi) is 5.00. The molecule has 1 amide bonds. The molecule has 19 heavy (non-hydrogen) atoms. The zero-order valence-corrected chi connectivity index (χ0v) is 11.3. The van der Waals surface area contributed by atoms with Crippen molar-refractivity contribution in [1.29, 1.82) is 0 Å². The van der Waals surface area contributed by atoms with Gasteiger partial charge in [0.15, 0.2) is 0 Å². The van der Waals surface area contributed by atoms with Crippen molar-refractivity contribution in [3.63, 3.8) is 0 Å². The zero-order valence-electron chi connectivity index (χ0n) is 11.3. The fourth-order valence-corrected chi connectivity index (χ4v) is 1.56. The lowest BCUT2D eigenvalue weighted by atomic mass is 10.0. The first-order valence-electron chi connectivity index (χ1n) is 6.11. The number of nitro groups is 1. The Hall–Kier alpha value is -1.95. The molecule has 0 radical (unpaired) electrons. The summed E-state index contributed by atoms with van der Waals surface area (Å²) < 4.78 is 0. The highest BCUT2D eigenvalue weighted by Crippen LogP contribution is 2.25. The van der Waals surface area contributed by atoms with Crippen molar-refractivity contribution in [1.82, 2.24) is 0 Å². The van der Waals surface area contributed by atoms with Crippen molar-refractivity contribution in [3.05, 3.63) is 33.9 Å². The molecule has 1 rings (SSSR count). The molecule has 0 aromatic heterocycles. The van der Waals surface area contributed by atoms with Gasteiger partial charge in [-0.15, -0.1) is 0 Å². The van der Waals surface area contributed by atoms with Crippen LogP contribution in [-0.4, -0.2) is 16.9 Å². The molecule has 0 fully saturated rings. The third kappa shape index (κ3) is 4.33. The summed E-state index contributed by atoms with van der Waals surface area (Å²) in [6.45, 7) is 5.65. The average Bonchev–Trinajstić information content (AvgIpc) is 2.27. The molecule has 0 aliphatic rings. The fraction of sp³-hybridized carbons (Fsp3) is 0.462. The molecule has 0 saturated heterocycles. The zero-order chi connectivity index (χ0) is 14.6. The van der Waals surface area contributed by atoms with Crippen LogP contribution in [0, 0.1) is 23.0 Å². The van der Waals surface area contributed by atoms with Crippen LogP contribution in [0.4, 0.5) is 11.4 Å². The Morgan fingerprint density at radius 3 is 2.63 bits per heavy atom. The van der Waals surface area contributed by atoms with Gasteiger partial charge in [-0.05, 0) is 24.5 Å². The number of nitro benzene ring substituents is 1. The van der Waals surface area contributed by atoms with Gasteiger partial charge in [0.25, 0.3) is 5.69 Å². The van der Waals surface area contributed by atoms with Gasteiger partial charge in [-0.25, -0.2) is 0 Å². The van der Waals surface area contributed by atoms with E-state index >= 15 is 0 Å². The van der Waals surface area contributed by atoms with E-state index < -0.39 is 4.92 Å². The smallest absolute Gasteiger partial charge is 0.292 e. The Labute approximate surface area is 112 Å². The van der Waals surface area contributed by atoms with Gasteiger partial charge in [-0.3, -0.25) is 14.9 Å². The van der Waals surface area contributed by atoms with E-state index in [2.05, 4.69) is 5.32 Å². The van der Waals surface area contributed by atoms with Gasteiger partial charge >= 0.3 is 0 Å². The van der Waals surface area contributed by atoms with Crippen LogP contribution in [0.3, 0.4) is 0 Å². The van der Waals surface area contributed by atoms with Gasteiger partial charge in [0.1, 0.15) is 5.69 Å². The average molecular weight is 265 g/mol. The van der Waals surface area contributed by atoms with E-state index in [0.717, 1.165) is 5.56 Å². The van der Waals surface area contributed by atoms with Crippen molar-refractivity contribution in [2.45, 2.75) is 33.2 Å². The number of carbonyl (C=O) groups is 1. The number of nitrogens with two attached hydrogens (primary N) is 1. The van der Waals surface area contributed by atoms with Gasteiger partial charge in [0.2, 0.25) is 5.91 Å². The maximum absolute atomic E-state index is 11.8. The maximum Gasteiger partial charge on any atom is 0.292 e. The highest BCUT2D eigenvalue weighted by molar-refractivity contribution is 5.93. The molecule has 3 N–H and O–H groups in total. The Bertz CT molecular complexity index is 486. The third-order valence-corrected chi connectivity index (χ3v) is 2.90. The third-order valence-electron chi connectivity index (χ3n) is 2.90. The normalized spacial score (nSPS) is 12.3. The van der Waals surface area contributed by atoms with E-state index in [-0.39, 0.29) is 35.7 Å². The first-order chi connectivity index (χ1) is 8.81. The number of benzene rings is 1. The van der Waals surface area contributed by atoms with E-state index in [1.54, 1.807) is 19.1 Å². The summed E-state index contributed by atoms with van der Waals surface area (Å²) in [5.74, 6) is -0.131. The molecule has 1 aromatic rings. The Morgan fingerprint density at radius 2 is 2.11 bits per heavy atom. The molecule has 0 bridgehead atoms. The lowest BCUT2D eigenvalue weighted by Gasteiger charge is -2.15. The van der Waals surface area contributed by atoms with Crippen LogP contribution in [0.2, 0.25) is 0 Å². The second-order valence-corrected chi connectivity index (χ2v) is 4.94. The van der Waals surface area contributed by atoms with Crippen molar-refractivity contribution < 1.29 is 9.72 Å². The lowest BCUT2D eigenvalue weighted by Crippen LogP contribution is -2.31. The van der Waals surface area contributed by atoms with Crippen LogP contribution in [0.15, 0.2) is 18.2 Å². The minimum Gasteiger partial charge on any atom is -0.327 e. The van der Waals surface area contributed by atoms with Crippen molar-refractivity contribution >= 4 is 17.3 Å². The predicted octanol–water partition coefficient (Wildman–Crippen LogP) is 2.22. The monoisotopic (exact) mass is 265 g/mol. The van der Waals surface area contributed by atoms with E-state index in [1.165, 1.54) is 6.07 Å². The van der Waals surface area contributed by atoms with Crippen LogP contribution in [-0.2, 0) is 4.79 Å². The second kappa shape index (κ2) is 6.29. The SMILES string of the molecule is Cc1ccc([N+](=O)[O-])c(NC(=O)CC(N)C(C)C)c1. The summed E-state index contributed by atoms with van der Waals surface area (Å²) in [5.41, 5.74) is 6.75. The number of hydrogen-bond donors (Lipinski definition) is 2. The minimum absolute atomic E-state index is 0.114. The molecule has 1 aromatic carbocycles. The molecule has 0 aliphatic heterocycles. The van der Waals surface area contributed by atoms with E-state index in [9.17, 15) is 14.9 Å². The van der Waals surface area contributed by atoms with Crippen LogP contribution in [0.1, 0.15) is 25.8 Å². The summed E-state index contributed by atoms with van der Waals surface area (Å²) in [4.78, 5) is 22.2. The van der Waals surface area contributed by atoms with Gasteiger partial charge in [-0.2, -0.15) is 0 Å². The van der Waals surface area contributed by atoms with Gasteiger partial charge in [0.05, 0.1) is 4.92 Å². The van der Waals surface area contributed by atoms with Gasteiger partial charge < -0.3 is 11.1 Å². The fourth-order valence-electron chi connectivity index (χ4n) is 1.56. The molecule has 1 unspecified atom stereocenters. The van der Waals surface area contributed by atoms with Crippen LogP contribution >= 0.6 is 0 Å². The molecule has 6 nitrogen and oxygen atoms in total. The molecule has 0 aliphatic carbocycles. The number of aryl methyl sites for hydroxylation is 1. The lowest BCUT2D eigenvalue weighted by molar-refractivity contribution is -0.383. The van der Waals surface area contributed by atoms with Gasteiger partial charge in [-0.1, -0.05) is 19.9 Å². The van der Waals surface area contributed by atoms with E-state index in [1.807, 2.05) is 13.8 Å². The largest absolute Gasteiger partial charge is 0.327 e. The molecule has 0 spiro atoms. The molecule has 1 atom stereocenters. The number of hydrogen-bond acceptors (Lipinski definition) is 4. The van der Waals surface area contributed by atoms with E-state index in [4.69, 9.17) is 5.73 Å². The number of amides is 1. The number of carbonyl (C=O) groups excluding carboxylic acids is 1. The number of anilines is 1. The number of rotatable bonds is 5. The molecule has 6 heteroatoms. The molecule has 0 saturated carbocycles. The summed E-state index contributed by atoms with van der Waals surface area (Å²) in [6, 6.07) is 4.33. The maximum atomic E-state index is 11.8. The summed E-state index contributed by atoms with van der Waals surface area (Å²) >= 11 is 0. The molecule has 0 heterocycles. The Morgan fingerprint density at radius 1 is 1.47 bits per heavy atom. The first-order valence-corrected chi connectivity index (χ1v) is 6.11. The standard InChI is InChI=1S/C13H19N3O3/c1-8(2)10(14)7-13(17)15-11-6-9(3)4-5-12(11)16(18)19/h4-6,8,10H,7,14H2,1-3H3,(H,15,17). The topological polar surface area (TPSA) is 98.3 Å². The molecular formula is C13H19N3O3. The van der Waals surface area contributed by atoms with E-state index in [0.29, 0.717) is 0 Å². The van der Waals surface area contributed by atoms with Crippen LogP contribution in [0.25, 0.3) is 0 Å². The molecule has 104 valence electrons. The first kappa shape index (κ1) is 15.1. The number of nitrogens with zero attached hydrogens (tertiary/aromatic N) is 1. The van der Waals surface area contributed by atoms with Crippen molar-refractivity contribution in [2.75, 3.05) is 5.32 Å². The van der Waals surface area contributed by atoms with Crippen LogP contribution in [0.5, 0.6) is 0 Å². The van der Waals surface area contributed by atoms with Gasteiger partial charge in [0, 0.05) is 18.5 Å². The highest BCUT2D eigenvalue weighted by Gasteiger charge is 2.18. The summed E-state index contributed by atoms with van der Waals surface area (Å²) in [5, 5.41) is 13.4. The van der Waals surface area contributed by atoms with Crippen LogP contribution < -0.4 is 11.1 Å². The molecular weight excluding hydrogens is 246 g/mol. The van der Waals surface area contributed by atoms with Crippen molar-refractivity contribution in [3.8, 4) is 0 Å². The quantitative estimate of drug-likeness (QED) is 0.630.